The van der Waals surface area contributed by atoms with Crippen molar-refractivity contribution in [2.75, 3.05) is 10.2 Å². The van der Waals surface area contributed by atoms with Gasteiger partial charge in [-0.15, -0.1) is 0 Å². The maximum Gasteiger partial charge on any atom is 0.0465 e. The van der Waals surface area contributed by atoms with E-state index in [0.29, 0.717) is 0 Å². The van der Waals surface area contributed by atoms with Crippen molar-refractivity contribution < 1.29 is 0 Å². The normalized spacial score (nSPS) is 13.4. The van der Waals surface area contributed by atoms with Crippen LogP contribution in [-0.2, 0) is 23.7 Å². The van der Waals surface area contributed by atoms with Crippen LogP contribution in [0, 0.1) is 0 Å². The van der Waals surface area contributed by atoms with Gasteiger partial charge in [0.15, 0.2) is 0 Å². The molecule has 352 valence electrons. The Labute approximate surface area is 407 Å². The van der Waals surface area contributed by atoms with Crippen LogP contribution < -0.4 is 10.2 Å². The van der Waals surface area contributed by atoms with E-state index in [1.807, 2.05) is 0 Å². The molecule has 0 atom stereocenters. The van der Waals surface area contributed by atoms with Gasteiger partial charge in [-0.2, -0.15) is 0 Å². The topological polar surface area (TPSA) is 15.3 Å². The number of aryl methyl sites for hydroxylation is 2. The maximum absolute atomic E-state index is 3.63. The monoisotopic (exact) mass is 891 g/mol. The summed E-state index contributed by atoms with van der Waals surface area (Å²) >= 11 is 0. The first-order chi connectivity index (χ1) is 32.9. The van der Waals surface area contributed by atoms with Crippen molar-refractivity contribution in [3.63, 3.8) is 0 Å². The van der Waals surface area contributed by atoms with E-state index in [1.165, 1.54) is 184 Å². The summed E-state index contributed by atoms with van der Waals surface area (Å²) in [4.78, 5) is 2.52. The molecule has 0 saturated heterocycles. The zero-order valence-electron chi connectivity index (χ0n) is 42.2. The molecule has 0 aliphatic heterocycles. The third kappa shape index (κ3) is 11.3. The molecule has 2 heteroatoms. The molecule has 0 bridgehead atoms. The second-order valence-electron chi connectivity index (χ2n) is 20.7. The van der Waals surface area contributed by atoms with Gasteiger partial charge >= 0.3 is 0 Å². The van der Waals surface area contributed by atoms with E-state index in [4.69, 9.17) is 0 Å². The summed E-state index contributed by atoms with van der Waals surface area (Å²) in [6, 6.07) is 51.3. The molecule has 0 fully saturated rings. The molecule has 0 heterocycles. The van der Waals surface area contributed by atoms with Gasteiger partial charge in [0.25, 0.3) is 0 Å². The lowest BCUT2D eigenvalue weighted by atomic mass is 9.69. The van der Waals surface area contributed by atoms with Gasteiger partial charge in [-0.05, 0) is 155 Å². The number of fused-ring (bicyclic) bond motifs is 4. The molecule has 2 aliphatic rings. The van der Waals surface area contributed by atoms with Crippen LogP contribution in [0.4, 0.5) is 28.4 Å². The van der Waals surface area contributed by atoms with Crippen LogP contribution in [0.3, 0.4) is 0 Å². The van der Waals surface area contributed by atoms with Crippen LogP contribution >= 0.6 is 0 Å². The van der Waals surface area contributed by atoms with Crippen molar-refractivity contribution in [1.29, 1.82) is 0 Å². The van der Waals surface area contributed by atoms with Crippen LogP contribution in [0.15, 0.2) is 133 Å². The highest BCUT2D eigenvalue weighted by atomic mass is 15.1. The number of para-hydroxylation sites is 1. The van der Waals surface area contributed by atoms with Gasteiger partial charge in [-0.3, -0.25) is 0 Å². The Kier molecular flexibility index (Phi) is 16.8. The molecular formula is C65H82N2. The Morgan fingerprint density at radius 1 is 0.448 bits per heavy atom. The highest BCUT2D eigenvalue weighted by Crippen LogP contribution is 2.57. The lowest BCUT2D eigenvalue weighted by Crippen LogP contribution is -2.27. The molecule has 0 radical (unpaired) electrons. The molecule has 0 saturated carbocycles. The Balaban J connectivity index is 1.19. The van der Waals surface area contributed by atoms with Crippen molar-refractivity contribution in [3.05, 3.63) is 161 Å². The summed E-state index contributed by atoms with van der Waals surface area (Å²) in [5.74, 6) is 0. The number of benzene rings is 6. The van der Waals surface area contributed by atoms with Crippen LogP contribution in [0.1, 0.15) is 191 Å². The van der Waals surface area contributed by atoms with E-state index in [9.17, 15) is 0 Å². The van der Waals surface area contributed by atoms with Crippen LogP contribution in [0.25, 0.3) is 22.3 Å². The Bertz CT molecular complexity index is 2440. The summed E-state index contributed by atoms with van der Waals surface area (Å²) < 4.78 is 0. The van der Waals surface area contributed by atoms with E-state index < -0.39 is 0 Å². The number of hydrogen-bond acceptors (Lipinski definition) is 2. The fraction of sp³-hybridized carbons (Fsp3) is 0.446. The third-order valence-electron chi connectivity index (χ3n) is 16.3. The highest BCUT2D eigenvalue weighted by Gasteiger charge is 2.43. The molecule has 8 rings (SSSR count). The first kappa shape index (κ1) is 48.4. The minimum atomic E-state index is -0.0165. The predicted molar refractivity (Wildman–Crippen MR) is 292 cm³/mol. The lowest BCUT2D eigenvalue weighted by molar-refractivity contribution is 0.394. The Morgan fingerprint density at radius 3 is 1.49 bits per heavy atom. The first-order valence-electron chi connectivity index (χ1n) is 27.1. The molecular weight excluding hydrogens is 809 g/mol. The predicted octanol–water partition coefficient (Wildman–Crippen LogP) is 20.1. The van der Waals surface area contributed by atoms with Gasteiger partial charge in [0.1, 0.15) is 0 Å². The van der Waals surface area contributed by atoms with Gasteiger partial charge < -0.3 is 10.2 Å². The largest absolute Gasteiger partial charge is 0.356 e. The number of rotatable bonds is 27. The van der Waals surface area contributed by atoms with E-state index in [2.05, 4.69) is 178 Å². The van der Waals surface area contributed by atoms with Crippen molar-refractivity contribution >= 4 is 28.4 Å². The SMILES string of the molecule is CCCCCCCCCCC1(CCCCCCCCCC)c2cc(N(c3ccc(Nc4ccccc4)cc3)c3ccc(-c4ccc5c(c4)CC5)cc3)ccc2-c2ccc(C(C)(CC)CC)cc21. The summed E-state index contributed by atoms with van der Waals surface area (Å²) in [5, 5.41) is 3.63. The van der Waals surface area contributed by atoms with Gasteiger partial charge in [0, 0.05) is 33.9 Å². The number of unbranched alkanes of at least 4 members (excludes halogenated alkanes) is 14. The number of anilines is 5. The number of nitrogens with one attached hydrogen (secondary N) is 1. The van der Waals surface area contributed by atoms with E-state index >= 15 is 0 Å². The standard InChI is InChI=1S/C65H82N2/c1-6-10-12-14-16-18-20-25-45-65(46-26-21-19-17-15-13-11-7-2)62-48-54(64(5,8-3)9-4)35-43-60(62)61-44-42-59(49-63(61)65)67(58-40-36-56(37-41-58)66-55-27-23-22-24-28-55)57-38-33-51(34-39-57)53-32-30-50-29-31-52(50)47-53/h22-24,27-28,30,32-44,47-49,66H,6-21,25-26,29,31,45-46H2,1-5H3. The van der Waals surface area contributed by atoms with Gasteiger partial charge in [0.05, 0.1) is 0 Å². The fourth-order valence-electron chi connectivity index (χ4n) is 11.4. The summed E-state index contributed by atoms with van der Waals surface area (Å²) in [6.07, 6.45) is 28.7. The van der Waals surface area contributed by atoms with Crippen molar-refractivity contribution in [2.45, 2.75) is 187 Å². The van der Waals surface area contributed by atoms with E-state index in [1.54, 1.807) is 11.1 Å². The van der Waals surface area contributed by atoms with Gasteiger partial charge in [0.2, 0.25) is 0 Å². The molecule has 6 aromatic rings. The van der Waals surface area contributed by atoms with E-state index in [-0.39, 0.29) is 10.8 Å². The molecule has 67 heavy (non-hydrogen) atoms. The van der Waals surface area contributed by atoms with Crippen LogP contribution in [0.2, 0.25) is 0 Å². The highest BCUT2D eigenvalue weighted by molar-refractivity contribution is 5.87. The quantitative estimate of drug-likeness (QED) is 0.0519. The zero-order chi connectivity index (χ0) is 46.5. The lowest BCUT2D eigenvalue weighted by Gasteiger charge is -2.35. The molecule has 1 N–H and O–H groups in total. The molecule has 0 spiro atoms. The van der Waals surface area contributed by atoms with Gasteiger partial charge in [-0.1, -0.05) is 210 Å². The van der Waals surface area contributed by atoms with Crippen LogP contribution in [0.5, 0.6) is 0 Å². The maximum atomic E-state index is 3.63. The molecule has 0 unspecified atom stereocenters. The summed E-state index contributed by atoms with van der Waals surface area (Å²) in [5.41, 5.74) is 19.2. The minimum Gasteiger partial charge on any atom is -0.356 e. The molecule has 6 aromatic carbocycles. The Morgan fingerprint density at radius 2 is 0.940 bits per heavy atom. The minimum absolute atomic E-state index is 0.0165. The smallest absolute Gasteiger partial charge is 0.0465 e. The summed E-state index contributed by atoms with van der Waals surface area (Å²) in [6.45, 7) is 11.9. The first-order valence-corrected chi connectivity index (χ1v) is 27.1. The third-order valence-corrected chi connectivity index (χ3v) is 16.3. The molecule has 2 aliphatic carbocycles. The zero-order valence-corrected chi connectivity index (χ0v) is 42.2. The molecule has 0 aromatic heterocycles. The summed E-state index contributed by atoms with van der Waals surface area (Å²) in [7, 11) is 0. The van der Waals surface area contributed by atoms with E-state index in [0.717, 1.165) is 24.2 Å². The average molecular weight is 891 g/mol. The second-order valence-corrected chi connectivity index (χ2v) is 20.7. The molecule has 0 amide bonds. The molecule has 2 nitrogen and oxygen atoms in total. The van der Waals surface area contributed by atoms with Crippen molar-refractivity contribution in [1.82, 2.24) is 0 Å². The van der Waals surface area contributed by atoms with Crippen molar-refractivity contribution in [2.24, 2.45) is 0 Å². The van der Waals surface area contributed by atoms with Crippen molar-refractivity contribution in [3.8, 4) is 22.3 Å². The van der Waals surface area contributed by atoms with Gasteiger partial charge in [-0.25, -0.2) is 0 Å². The van der Waals surface area contributed by atoms with Crippen LogP contribution in [-0.4, -0.2) is 0 Å². The second kappa shape index (κ2) is 23.3. The number of hydrogen-bond donors (Lipinski definition) is 1. The number of nitrogens with zero attached hydrogens (tertiary/aromatic N) is 1. The Hall–Kier alpha value is -5.08. The average Bonchev–Trinajstić information content (AvgIpc) is 3.62. The fourth-order valence-corrected chi connectivity index (χ4v) is 11.4.